The first-order valence-electron chi connectivity index (χ1n) is 4.66. The fraction of sp³-hybridized carbons (Fsp3) is 0.700. The maximum Gasteiger partial charge on any atom is 0.0663 e. The van der Waals surface area contributed by atoms with Crippen molar-refractivity contribution in [1.29, 1.82) is 0 Å². The number of hydrogen-bond donors (Lipinski definition) is 1. The van der Waals surface area contributed by atoms with Gasteiger partial charge in [-0.05, 0) is 36.2 Å². The lowest BCUT2D eigenvalue weighted by atomic mass is 9.98. The zero-order valence-corrected chi connectivity index (χ0v) is 7.81. The number of nitrogens with one attached hydrogen (secondary N) is 1. The van der Waals surface area contributed by atoms with Crippen molar-refractivity contribution >= 4 is 0 Å². The van der Waals surface area contributed by atoms with E-state index in [1.165, 1.54) is 23.4 Å². The maximum atomic E-state index is 4.32. The fourth-order valence-corrected chi connectivity index (χ4v) is 2.96. The molecule has 0 spiro atoms. The molecule has 0 saturated heterocycles. The Morgan fingerprint density at radius 3 is 3.00 bits per heavy atom. The van der Waals surface area contributed by atoms with E-state index in [2.05, 4.69) is 31.0 Å². The van der Waals surface area contributed by atoms with Gasteiger partial charge in [0.15, 0.2) is 0 Å². The molecule has 12 heavy (non-hydrogen) atoms. The molecule has 1 fully saturated rings. The summed E-state index contributed by atoms with van der Waals surface area (Å²) in [6.07, 6.45) is 1.21. The van der Waals surface area contributed by atoms with E-state index in [0.29, 0.717) is 5.41 Å². The summed E-state index contributed by atoms with van der Waals surface area (Å²) >= 11 is 0. The van der Waals surface area contributed by atoms with Crippen LogP contribution in [0, 0.1) is 18.3 Å². The van der Waals surface area contributed by atoms with Gasteiger partial charge in [-0.1, -0.05) is 13.8 Å². The van der Waals surface area contributed by atoms with Crippen LogP contribution in [0.5, 0.6) is 0 Å². The highest BCUT2D eigenvalue weighted by molar-refractivity contribution is 5.44. The van der Waals surface area contributed by atoms with Crippen LogP contribution in [0.25, 0.3) is 0 Å². The summed E-state index contributed by atoms with van der Waals surface area (Å²) in [7, 11) is 0. The van der Waals surface area contributed by atoms with Crippen molar-refractivity contribution in [2.24, 2.45) is 11.3 Å². The van der Waals surface area contributed by atoms with Gasteiger partial charge in [0, 0.05) is 5.69 Å². The number of H-pyrrole nitrogens is 1. The summed E-state index contributed by atoms with van der Waals surface area (Å²) in [6.45, 7) is 6.89. The third-order valence-electron chi connectivity index (χ3n) is 3.85. The van der Waals surface area contributed by atoms with Crippen LogP contribution in [-0.4, -0.2) is 10.2 Å². The van der Waals surface area contributed by atoms with Crippen LogP contribution in [0.1, 0.15) is 36.7 Å². The number of aryl methyl sites for hydroxylation is 1. The van der Waals surface area contributed by atoms with E-state index in [9.17, 15) is 0 Å². The minimum absolute atomic E-state index is 0.557. The average Bonchev–Trinajstić information content (AvgIpc) is 2.41. The lowest BCUT2D eigenvalue weighted by molar-refractivity contribution is 0.537. The monoisotopic (exact) mass is 162 g/mol. The molecular formula is C10H14N2. The van der Waals surface area contributed by atoms with Crippen LogP contribution in [0.2, 0.25) is 0 Å². The van der Waals surface area contributed by atoms with E-state index >= 15 is 0 Å². The number of hydrogen-bond acceptors (Lipinski definition) is 1. The minimum Gasteiger partial charge on any atom is -0.282 e. The number of aromatic amines is 1. The number of rotatable bonds is 0. The molecule has 1 saturated carbocycles. The van der Waals surface area contributed by atoms with Crippen LogP contribution < -0.4 is 0 Å². The topological polar surface area (TPSA) is 28.7 Å². The molecule has 0 radical (unpaired) electrons. The van der Waals surface area contributed by atoms with Gasteiger partial charge in [0.1, 0.15) is 0 Å². The van der Waals surface area contributed by atoms with Crippen LogP contribution in [0.4, 0.5) is 0 Å². The lowest BCUT2D eigenvalue weighted by Crippen LogP contribution is -1.99. The predicted molar refractivity (Wildman–Crippen MR) is 47.0 cm³/mol. The highest BCUT2D eigenvalue weighted by Crippen LogP contribution is 2.70. The standard InChI is InChI=1S/C10H14N2/c1-5-8-7(12-11-5)4-6-9(8)10(6,2)3/h6,9H,4H2,1-3H3,(H,11,12)/t6-,9+/m1/s1. The molecule has 1 aromatic rings. The lowest BCUT2D eigenvalue weighted by Gasteiger charge is -2.06. The minimum atomic E-state index is 0.557. The van der Waals surface area contributed by atoms with Gasteiger partial charge < -0.3 is 0 Å². The van der Waals surface area contributed by atoms with Gasteiger partial charge in [-0.2, -0.15) is 5.10 Å². The summed E-state index contributed by atoms with van der Waals surface area (Å²) < 4.78 is 0. The van der Waals surface area contributed by atoms with Crippen molar-refractivity contribution in [3.05, 3.63) is 17.0 Å². The molecule has 0 unspecified atom stereocenters. The molecule has 1 heterocycles. The quantitative estimate of drug-likeness (QED) is 0.621. The summed E-state index contributed by atoms with van der Waals surface area (Å²) in [5.41, 5.74) is 4.72. The highest BCUT2D eigenvalue weighted by atomic mass is 15.1. The molecule has 2 nitrogen and oxygen atoms in total. The predicted octanol–water partition coefficient (Wildman–Crippen LogP) is 2.01. The Balaban J connectivity index is 2.14. The molecule has 0 bridgehead atoms. The van der Waals surface area contributed by atoms with Crippen LogP contribution in [0.3, 0.4) is 0 Å². The van der Waals surface area contributed by atoms with Gasteiger partial charge >= 0.3 is 0 Å². The molecule has 64 valence electrons. The zero-order valence-electron chi connectivity index (χ0n) is 7.81. The smallest absolute Gasteiger partial charge is 0.0663 e. The largest absolute Gasteiger partial charge is 0.282 e. The first-order valence-corrected chi connectivity index (χ1v) is 4.66. The van der Waals surface area contributed by atoms with Gasteiger partial charge in [-0.15, -0.1) is 0 Å². The van der Waals surface area contributed by atoms with Crippen LogP contribution >= 0.6 is 0 Å². The fourth-order valence-electron chi connectivity index (χ4n) is 2.96. The molecule has 0 aliphatic heterocycles. The summed E-state index contributed by atoms with van der Waals surface area (Å²) in [6, 6.07) is 0. The number of nitrogens with zero attached hydrogens (tertiary/aromatic N) is 1. The second kappa shape index (κ2) is 1.61. The van der Waals surface area contributed by atoms with E-state index in [-0.39, 0.29) is 0 Å². The van der Waals surface area contributed by atoms with E-state index in [1.807, 2.05) is 0 Å². The average molecular weight is 162 g/mol. The van der Waals surface area contributed by atoms with Crippen molar-refractivity contribution in [3.8, 4) is 0 Å². The molecule has 1 aromatic heterocycles. The second-order valence-corrected chi connectivity index (χ2v) is 4.82. The maximum absolute atomic E-state index is 4.32. The molecule has 2 heteroatoms. The van der Waals surface area contributed by atoms with Crippen molar-refractivity contribution < 1.29 is 0 Å². The molecule has 0 aromatic carbocycles. The van der Waals surface area contributed by atoms with Gasteiger partial charge in [0.25, 0.3) is 0 Å². The van der Waals surface area contributed by atoms with E-state index in [1.54, 1.807) is 0 Å². The van der Waals surface area contributed by atoms with Crippen molar-refractivity contribution in [3.63, 3.8) is 0 Å². The molecule has 2 aliphatic carbocycles. The van der Waals surface area contributed by atoms with Gasteiger partial charge in [0.2, 0.25) is 0 Å². The Morgan fingerprint density at radius 2 is 2.25 bits per heavy atom. The van der Waals surface area contributed by atoms with Gasteiger partial charge in [-0.3, -0.25) is 5.10 Å². The highest BCUT2D eigenvalue weighted by Gasteiger charge is 2.63. The van der Waals surface area contributed by atoms with Crippen molar-refractivity contribution in [2.75, 3.05) is 0 Å². The Hall–Kier alpha value is -0.790. The molecule has 0 amide bonds. The third kappa shape index (κ3) is 0.530. The Labute approximate surface area is 72.4 Å². The van der Waals surface area contributed by atoms with Gasteiger partial charge in [0.05, 0.1) is 5.69 Å². The molecule has 2 aliphatic rings. The zero-order chi connectivity index (χ0) is 8.51. The van der Waals surface area contributed by atoms with E-state index in [4.69, 9.17) is 0 Å². The second-order valence-electron chi connectivity index (χ2n) is 4.82. The Morgan fingerprint density at radius 1 is 1.50 bits per heavy atom. The van der Waals surface area contributed by atoms with E-state index < -0.39 is 0 Å². The summed E-state index contributed by atoms with van der Waals surface area (Å²) in [4.78, 5) is 0. The SMILES string of the molecule is Cc1[nH]nc2c1[C@@H]1[C@@H](C2)C1(C)C. The number of fused-ring (bicyclic) bond motifs is 3. The third-order valence-corrected chi connectivity index (χ3v) is 3.85. The molecule has 1 N–H and O–H groups in total. The summed E-state index contributed by atoms with van der Waals surface area (Å²) in [5.74, 6) is 1.70. The van der Waals surface area contributed by atoms with Crippen molar-refractivity contribution in [1.82, 2.24) is 10.2 Å². The van der Waals surface area contributed by atoms with E-state index in [0.717, 1.165) is 11.8 Å². The van der Waals surface area contributed by atoms with Crippen LogP contribution in [-0.2, 0) is 6.42 Å². The summed E-state index contributed by atoms with van der Waals surface area (Å²) in [5, 5.41) is 7.40. The molecular weight excluding hydrogens is 148 g/mol. The van der Waals surface area contributed by atoms with Crippen molar-refractivity contribution in [2.45, 2.75) is 33.1 Å². The Bertz CT molecular complexity index is 349. The first kappa shape index (κ1) is 6.70. The normalized spacial score (nSPS) is 34.6. The molecule has 2 atom stereocenters. The first-order chi connectivity index (χ1) is 5.62. The van der Waals surface area contributed by atoms with Gasteiger partial charge in [-0.25, -0.2) is 0 Å². The van der Waals surface area contributed by atoms with Crippen LogP contribution in [0.15, 0.2) is 0 Å². The number of aromatic nitrogens is 2. The Kier molecular flexibility index (Phi) is 0.897. The molecule has 3 rings (SSSR count).